The van der Waals surface area contributed by atoms with E-state index in [1.807, 2.05) is 12.1 Å². The van der Waals surface area contributed by atoms with Crippen LogP contribution in [0.3, 0.4) is 0 Å². The lowest BCUT2D eigenvalue weighted by Gasteiger charge is -2.15. The van der Waals surface area contributed by atoms with Gasteiger partial charge in [0, 0.05) is 19.5 Å². The van der Waals surface area contributed by atoms with Crippen LogP contribution in [0.4, 0.5) is 0 Å². The largest absolute Gasteiger partial charge is 0.478 e. The zero-order valence-corrected chi connectivity index (χ0v) is 19.3. The smallest absolute Gasteiger partial charge is 0.335 e. The van der Waals surface area contributed by atoms with E-state index in [0.717, 1.165) is 17.5 Å². The number of carboxylic acid groups (broad SMARTS) is 1. The number of carbonyl (C=O) groups is 3. The fourth-order valence-corrected chi connectivity index (χ4v) is 3.63. The third-order valence-corrected chi connectivity index (χ3v) is 5.47. The van der Waals surface area contributed by atoms with Crippen molar-refractivity contribution in [2.45, 2.75) is 33.4 Å². The van der Waals surface area contributed by atoms with Gasteiger partial charge in [0.15, 0.2) is 11.5 Å². The number of aromatic carboxylic acids is 1. The van der Waals surface area contributed by atoms with Gasteiger partial charge in [0.05, 0.1) is 11.6 Å². The minimum atomic E-state index is -1.01. The van der Waals surface area contributed by atoms with E-state index in [1.165, 1.54) is 12.1 Å². The molecule has 2 heterocycles. The first-order chi connectivity index (χ1) is 16.7. The summed E-state index contributed by atoms with van der Waals surface area (Å²) in [6.07, 6.45) is 1.16. The summed E-state index contributed by atoms with van der Waals surface area (Å²) in [5.41, 5.74) is 3.85. The number of nitrogens with one attached hydrogen (secondary N) is 2. The molecule has 3 N–H and O–H groups in total. The maximum absolute atomic E-state index is 12.7. The highest BCUT2D eigenvalue weighted by Gasteiger charge is 2.17. The summed E-state index contributed by atoms with van der Waals surface area (Å²) in [6.45, 7) is 5.48. The molecule has 0 saturated heterocycles. The third kappa shape index (κ3) is 5.32. The Hall–Kier alpha value is -4.60. The molecule has 2 aromatic carbocycles. The minimum Gasteiger partial charge on any atom is -0.478 e. The van der Waals surface area contributed by atoms with Gasteiger partial charge in [-0.3, -0.25) is 9.59 Å². The maximum atomic E-state index is 12.7. The van der Waals surface area contributed by atoms with Crippen LogP contribution in [0, 0.1) is 13.8 Å². The number of oxazole rings is 1. The van der Waals surface area contributed by atoms with Crippen molar-refractivity contribution in [1.82, 2.24) is 25.6 Å². The second-order valence-electron chi connectivity index (χ2n) is 8.08. The Bertz CT molecular complexity index is 1450. The Morgan fingerprint density at radius 1 is 1.00 bits per heavy atom. The summed E-state index contributed by atoms with van der Waals surface area (Å²) in [7, 11) is 0. The van der Waals surface area contributed by atoms with E-state index in [2.05, 4.69) is 25.6 Å². The Morgan fingerprint density at radius 3 is 2.46 bits per heavy atom. The fraction of sp³-hybridized carbons (Fsp3) is 0.200. The van der Waals surface area contributed by atoms with Crippen LogP contribution in [-0.2, 0) is 6.54 Å². The molecule has 0 aliphatic carbocycles. The molecule has 178 valence electrons. The zero-order chi connectivity index (χ0) is 25.1. The monoisotopic (exact) mass is 473 g/mol. The Balaban J connectivity index is 1.40. The van der Waals surface area contributed by atoms with Gasteiger partial charge in [-0.05, 0) is 48.7 Å². The maximum Gasteiger partial charge on any atom is 0.335 e. The summed E-state index contributed by atoms with van der Waals surface area (Å²) in [6, 6.07) is 11.2. The summed E-state index contributed by atoms with van der Waals surface area (Å²) >= 11 is 0. The van der Waals surface area contributed by atoms with Crippen LogP contribution >= 0.6 is 0 Å². The zero-order valence-electron chi connectivity index (χ0n) is 19.3. The van der Waals surface area contributed by atoms with Crippen LogP contribution in [0.2, 0.25) is 0 Å². The first-order valence-corrected chi connectivity index (χ1v) is 10.8. The van der Waals surface area contributed by atoms with Crippen LogP contribution < -0.4 is 10.6 Å². The van der Waals surface area contributed by atoms with Gasteiger partial charge in [-0.15, -0.1) is 0 Å². The number of fused-ring (bicyclic) bond motifs is 1. The minimum absolute atomic E-state index is 0.0374. The third-order valence-electron chi connectivity index (χ3n) is 5.47. The molecule has 0 aliphatic rings. The van der Waals surface area contributed by atoms with Gasteiger partial charge >= 0.3 is 5.97 Å². The van der Waals surface area contributed by atoms with Crippen molar-refractivity contribution < 1.29 is 23.9 Å². The molecule has 10 nitrogen and oxygen atoms in total. The average molecular weight is 473 g/mol. The molecule has 1 atom stereocenters. The molecule has 0 spiro atoms. The van der Waals surface area contributed by atoms with Gasteiger partial charge in [-0.1, -0.05) is 18.2 Å². The van der Waals surface area contributed by atoms with Crippen LogP contribution in [0.5, 0.6) is 0 Å². The van der Waals surface area contributed by atoms with Gasteiger partial charge in [0.2, 0.25) is 0 Å². The lowest BCUT2D eigenvalue weighted by Crippen LogP contribution is -2.29. The van der Waals surface area contributed by atoms with Crippen LogP contribution in [0.25, 0.3) is 11.1 Å². The van der Waals surface area contributed by atoms with Crippen LogP contribution in [0.15, 0.2) is 53.2 Å². The lowest BCUT2D eigenvalue weighted by molar-refractivity contribution is 0.0695. The molecule has 4 rings (SSSR count). The van der Waals surface area contributed by atoms with Crippen molar-refractivity contribution in [2.24, 2.45) is 0 Å². The molecule has 0 aliphatic heterocycles. The first-order valence-electron chi connectivity index (χ1n) is 10.8. The second kappa shape index (κ2) is 9.72. The van der Waals surface area contributed by atoms with Crippen molar-refractivity contribution in [1.29, 1.82) is 0 Å². The normalized spacial score (nSPS) is 11.7. The molecule has 0 saturated carbocycles. The molecule has 4 aromatic rings. The molecule has 0 fully saturated rings. The van der Waals surface area contributed by atoms with E-state index >= 15 is 0 Å². The van der Waals surface area contributed by atoms with Gasteiger partial charge in [-0.25, -0.2) is 19.7 Å². The number of carboxylic acids is 1. The highest BCUT2D eigenvalue weighted by Crippen LogP contribution is 2.19. The van der Waals surface area contributed by atoms with E-state index in [1.54, 1.807) is 39.0 Å². The molecule has 0 unspecified atom stereocenters. The number of hydrogen-bond acceptors (Lipinski definition) is 7. The van der Waals surface area contributed by atoms with E-state index in [0.29, 0.717) is 22.6 Å². The summed E-state index contributed by atoms with van der Waals surface area (Å²) < 4.78 is 5.45. The Kier molecular flexibility index (Phi) is 6.54. The highest BCUT2D eigenvalue weighted by atomic mass is 16.4. The quantitative estimate of drug-likeness (QED) is 0.370. The molecular formula is C25H23N5O5. The summed E-state index contributed by atoms with van der Waals surface area (Å²) in [5.74, 6) is -1.38. The van der Waals surface area contributed by atoms with Crippen molar-refractivity contribution >= 4 is 28.9 Å². The van der Waals surface area contributed by atoms with Gasteiger partial charge in [-0.2, -0.15) is 0 Å². The number of nitrogens with zero attached hydrogens (tertiary/aromatic N) is 3. The van der Waals surface area contributed by atoms with Crippen molar-refractivity contribution in [2.75, 3.05) is 0 Å². The molecule has 0 bridgehead atoms. The topological polar surface area (TPSA) is 147 Å². The average Bonchev–Trinajstić information content (AvgIpc) is 3.21. The molecular weight excluding hydrogens is 450 g/mol. The second-order valence-corrected chi connectivity index (χ2v) is 8.08. The predicted molar refractivity (Wildman–Crippen MR) is 126 cm³/mol. The summed E-state index contributed by atoms with van der Waals surface area (Å²) in [4.78, 5) is 48.8. The van der Waals surface area contributed by atoms with Crippen molar-refractivity contribution in [3.63, 3.8) is 0 Å². The van der Waals surface area contributed by atoms with Crippen LogP contribution in [0.1, 0.15) is 66.9 Å². The number of carbonyl (C=O) groups excluding carboxylic acids is 2. The number of rotatable bonds is 7. The Morgan fingerprint density at radius 2 is 1.74 bits per heavy atom. The number of aromatic nitrogens is 3. The molecule has 35 heavy (non-hydrogen) atoms. The number of benzene rings is 2. The van der Waals surface area contributed by atoms with E-state index in [4.69, 9.17) is 4.42 Å². The highest BCUT2D eigenvalue weighted by molar-refractivity contribution is 5.97. The number of hydrogen-bond donors (Lipinski definition) is 3. The van der Waals surface area contributed by atoms with Gasteiger partial charge in [0.1, 0.15) is 23.2 Å². The molecule has 2 aromatic heterocycles. The Labute approximate surface area is 200 Å². The van der Waals surface area contributed by atoms with E-state index in [-0.39, 0.29) is 23.5 Å². The standard InChI is InChI=1S/C25H23N5O5/c1-13-8-17(5-6-18(13)25(33)34)14(2)29-24(32)21-10-20(27-12-28-21)23(31)26-11-16-4-7-22-19(9-16)30-15(3)35-22/h4-10,12,14H,11H2,1-3H3,(H,26,31)(H,29,32)(H,33,34)/t14-/m0/s1. The molecule has 0 radical (unpaired) electrons. The van der Waals surface area contributed by atoms with Crippen LogP contribution in [-0.4, -0.2) is 37.8 Å². The fourth-order valence-electron chi connectivity index (χ4n) is 3.63. The lowest BCUT2D eigenvalue weighted by atomic mass is 10.0. The SMILES string of the molecule is Cc1nc2cc(CNC(=O)c3cc(C(=O)N[C@@H](C)c4ccc(C(=O)O)c(C)c4)ncn3)ccc2o1. The summed E-state index contributed by atoms with van der Waals surface area (Å²) in [5, 5.41) is 14.8. The predicted octanol–water partition coefficient (Wildman–Crippen LogP) is 3.35. The van der Waals surface area contributed by atoms with Gasteiger partial charge < -0.3 is 20.2 Å². The number of aryl methyl sites for hydroxylation is 2. The van der Waals surface area contributed by atoms with Crippen molar-refractivity contribution in [3.8, 4) is 0 Å². The molecule has 10 heteroatoms. The van der Waals surface area contributed by atoms with Crippen molar-refractivity contribution in [3.05, 3.63) is 88.3 Å². The van der Waals surface area contributed by atoms with E-state index < -0.39 is 23.8 Å². The van der Waals surface area contributed by atoms with Gasteiger partial charge in [0.25, 0.3) is 11.8 Å². The molecule has 2 amide bonds. The number of amides is 2. The van der Waals surface area contributed by atoms with E-state index in [9.17, 15) is 19.5 Å². The first kappa shape index (κ1) is 23.6.